The molecule has 1 aliphatic rings. The van der Waals surface area contributed by atoms with Crippen molar-refractivity contribution < 1.29 is 19.1 Å². The van der Waals surface area contributed by atoms with Crippen LogP contribution in [0.5, 0.6) is 0 Å². The molecule has 0 saturated carbocycles. The quantitative estimate of drug-likeness (QED) is 0.849. The summed E-state index contributed by atoms with van der Waals surface area (Å²) >= 11 is 0. The second-order valence-electron chi connectivity index (χ2n) is 5.02. The van der Waals surface area contributed by atoms with Crippen LogP contribution in [0.2, 0.25) is 0 Å². The molecule has 6 heteroatoms. The highest BCUT2D eigenvalue weighted by Crippen LogP contribution is 2.28. The van der Waals surface area contributed by atoms with Gasteiger partial charge >= 0.3 is 0 Å². The monoisotopic (exact) mass is 287 g/mol. The van der Waals surface area contributed by atoms with Crippen LogP contribution in [0.15, 0.2) is 33.5 Å². The molecule has 0 aliphatic carbocycles. The molecule has 3 rings (SSSR count). The first-order chi connectivity index (χ1) is 10.2. The fraction of sp³-hybridized carbons (Fsp3) is 0.267. The molecule has 1 aromatic heterocycles. The second-order valence-corrected chi connectivity index (χ2v) is 5.02. The summed E-state index contributed by atoms with van der Waals surface area (Å²) in [6, 6.07) is 6.56. The van der Waals surface area contributed by atoms with Gasteiger partial charge in [-0.3, -0.25) is 19.3 Å². The number of carbonyl (C=O) groups is 2. The molecular formula is C15H13NO5. The number of aliphatic hydroxyl groups excluding tert-OH is 1. The van der Waals surface area contributed by atoms with Gasteiger partial charge in [0.2, 0.25) is 17.2 Å². The first-order valence-corrected chi connectivity index (χ1v) is 6.58. The number of carbonyl (C=O) groups excluding carboxylic acids is 2. The fourth-order valence-corrected chi connectivity index (χ4v) is 2.55. The maximum atomic E-state index is 12.3. The van der Waals surface area contributed by atoms with Gasteiger partial charge in [0.05, 0.1) is 5.39 Å². The number of amides is 1. The highest BCUT2D eigenvalue weighted by molar-refractivity contribution is 6.00. The van der Waals surface area contributed by atoms with Crippen LogP contribution < -0.4 is 10.3 Å². The fourth-order valence-electron chi connectivity index (χ4n) is 2.55. The van der Waals surface area contributed by atoms with Gasteiger partial charge in [0.25, 0.3) is 0 Å². The summed E-state index contributed by atoms with van der Waals surface area (Å²) in [5.74, 6) is -0.515. The molecule has 1 amide bonds. The van der Waals surface area contributed by atoms with Crippen molar-refractivity contribution in [3.05, 3.63) is 40.1 Å². The third-order valence-corrected chi connectivity index (χ3v) is 3.64. The maximum absolute atomic E-state index is 12.3. The van der Waals surface area contributed by atoms with E-state index in [4.69, 9.17) is 9.52 Å². The van der Waals surface area contributed by atoms with Gasteiger partial charge in [-0.25, -0.2) is 0 Å². The molecule has 0 spiro atoms. The van der Waals surface area contributed by atoms with Gasteiger partial charge < -0.3 is 9.52 Å². The van der Waals surface area contributed by atoms with Crippen LogP contribution in [0.1, 0.15) is 16.8 Å². The van der Waals surface area contributed by atoms with Crippen LogP contribution in [0.3, 0.4) is 0 Å². The lowest BCUT2D eigenvalue weighted by Gasteiger charge is -2.16. The molecule has 1 unspecified atom stereocenters. The Bertz CT molecular complexity index is 779. The number of fused-ring (bicyclic) bond motifs is 1. The highest BCUT2D eigenvalue weighted by atomic mass is 16.4. The molecule has 0 radical (unpaired) electrons. The zero-order valence-electron chi connectivity index (χ0n) is 11.1. The molecule has 1 atom stereocenters. The number of rotatable bonds is 3. The Morgan fingerprint density at radius 3 is 2.76 bits per heavy atom. The summed E-state index contributed by atoms with van der Waals surface area (Å²) in [6.07, 6.45) is 0.582. The van der Waals surface area contributed by atoms with Crippen molar-refractivity contribution in [1.82, 2.24) is 0 Å². The van der Waals surface area contributed by atoms with E-state index in [1.54, 1.807) is 24.3 Å². The standard InChI is InChI=1S/C15H13NO5/c17-7-9-5-13(19)16(6-9)15-11(8-18)14(20)10-3-1-2-4-12(10)21-15/h1-4,8-9,17H,5-7H2. The Morgan fingerprint density at radius 2 is 2.10 bits per heavy atom. The number of hydrogen-bond acceptors (Lipinski definition) is 5. The van der Waals surface area contributed by atoms with E-state index in [2.05, 4.69) is 0 Å². The molecule has 108 valence electrons. The number of hydrogen-bond donors (Lipinski definition) is 1. The van der Waals surface area contributed by atoms with Gasteiger partial charge in [-0.15, -0.1) is 0 Å². The molecule has 1 aliphatic heterocycles. The van der Waals surface area contributed by atoms with Crippen molar-refractivity contribution in [2.75, 3.05) is 18.1 Å². The topological polar surface area (TPSA) is 87.8 Å². The Balaban J connectivity index is 2.20. The van der Waals surface area contributed by atoms with E-state index in [9.17, 15) is 14.4 Å². The summed E-state index contributed by atoms with van der Waals surface area (Å²) in [7, 11) is 0. The lowest BCUT2D eigenvalue weighted by Crippen LogP contribution is -2.28. The lowest BCUT2D eigenvalue weighted by atomic mass is 10.1. The Labute approximate surface area is 119 Å². The molecule has 6 nitrogen and oxygen atoms in total. The summed E-state index contributed by atoms with van der Waals surface area (Å²) < 4.78 is 5.60. The van der Waals surface area contributed by atoms with E-state index in [0.29, 0.717) is 17.3 Å². The Hall–Kier alpha value is -2.47. The molecule has 2 heterocycles. The third-order valence-electron chi connectivity index (χ3n) is 3.64. The summed E-state index contributed by atoms with van der Waals surface area (Å²) in [5, 5.41) is 9.46. The predicted molar refractivity (Wildman–Crippen MR) is 75.4 cm³/mol. The average Bonchev–Trinajstić information content (AvgIpc) is 2.88. The predicted octanol–water partition coefficient (Wildman–Crippen LogP) is 0.951. The van der Waals surface area contributed by atoms with Gasteiger partial charge in [-0.1, -0.05) is 12.1 Å². The van der Waals surface area contributed by atoms with E-state index in [0.717, 1.165) is 0 Å². The van der Waals surface area contributed by atoms with Gasteiger partial charge in [-0.05, 0) is 12.1 Å². The van der Waals surface area contributed by atoms with Crippen molar-refractivity contribution in [1.29, 1.82) is 0 Å². The number of anilines is 1. The van der Waals surface area contributed by atoms with Crippen molar-refractivity contribution >= 4 is 29.0 Å². The zero-order valence-corrected chi connectivity index (χ0v) is 11.1. The Kier molecular flexibility index (Phi) is 3.31. The summed E-state index contributed by atoms with van der Waals surface area (Å²) in [4.78, 5) is 36.8. The Morgan fingerprint density at radius 1 is 1.33 bits per heavy atom. The molecule has 1 saturated heterocycles. The normalized spacial score (nSPS) is 18.4. The SMILES string of the molecule is O=Cc1c(N2CC(CO)CC2=O)oc2ccccc2c1=O. The van der Waals surface area contributed by atoms with E-state index < -0.39 is 5.43 Å². The van der Waals surface area contributed by atoms with Crippen LogP contribution in [0.4, 0.5) is 5.88 Å². The van der Waals surface area contributed by atoms with Crippen LogP contribution in [0.25, 0.3) is 11.0 Å². The highest BCUT2D eigenvalue weighted by Gasteiger charge is 2.34. The third kappa shape index (κ3) is 2.13. The van der Waals surface area contributed by atoms with Crippen LogP contribution in [-0.4, -0.2) is 30.5 Å². The number of aliphatic hydroxyl groups is 1. The molecule has 21 heavy (non-hydrogen) atoms. The smallest absolute Gasteiger partial charge is 0.229 e. The molecule has 0 bridgehead atoms. The van der Waals surface area contributed by atoms with Gasteiger partial charge in [0.15, 0.2) is 6.29 Å². The van der Waals surface area contributed by atoms with E-state index in [1.807, 2.05) is 0 Å². The van der Waals surface area contributed by atoms with E-state index in [1.165, 1.54) is 4.90 Å². The van der Waals surface area contributed by atoms with Crippen molar-refractivity contribution in [2.24, 2.45) is 5.92 Å². The number of nitrogens with zero attached hydrogens (tertiary/aromatic N) is 1. The maximum Gasteiger partial charge on any atom is 0.229 e. The van der Waals surface area contributed by atoms with Gasteiger partial charge in [-0.2, -0.15) is 0 Å². The minimum Gasteiger partial charge on any atom is -0.439 e. The van der Waals surface area contributed by atoms with Gasteiger partial charge in [0, 0.05) is 25.5 Å². The first kappa shape index (κ1) is 13.5. The second kappa shape index (κ2) is 5.14. The number of benzene rings is 1. The summed E-state index contributed by atoms with van der Waals surface area (Å²) in [6.45, 7) is 0.105. The largest absolute Gasteiger partial charge is 0.439 e. The average molecular weight is 287 g/mol. The van der Waals surface area contributed by atoms with E-state index >= 15 is 0 Å². The minimum absolute atomic E-state index is 0.0327. The van der Waals surface area contributed by atoms with Crippen LogP contribution in [0, 0.1) is 5.92 Å². The van der Waals surface area contributed by atoms with Gasteiger partial charge in [0.1, 0.15) is 11.1 Å². The van der Waals surface area contributed by atoms with Crippen molar-refractivity contribution in [2.45, 2.75) is 6.42 Å². The molecule has 2 aromatic rings. The lowest BCUT2D eigenvalue weighted by molar-refractivity contribution is -0.117. The molecule has 1 aromatic carbocycles. The zero-order chi connectivity index (χ0) is 15.0. The molecule has 1 N–H and O–H groups in total. The number of para-hydroxylation sites is 1. The first-order valence-electron chi connectivity index (χ1n) is 6.58. The van der Waals surface area contributed by atoms with E-state index in [-0.39, 0.29) is 42.8 Å². The van der Waals surface area contributed by atoms with Crippen LogP contribution >= 0.6 is 0 Å². The minimum atomic E-state index is -0.456. The van der Waals surface area contributed by atoms with Crippen molar-refractivity contribution in [3.8, 4) is 0 Å². The molecule has 1 fully saturated rings. The van der Waals surface area contributed by atoms with Crippen LogP contribution in [-0.2, 0) is 4.79 Å². The number of aldehydes is 1. The van der Waals surface area contributed by atoms with Crippen molar-refractivity contribution in [3.63, 3.8) is 0 Å². The molecular weight excluding hydrogens is 274 g/mol. The summed E-state index contributed by atoms with van der Waals surface area (Å²) in [5.41, 5.74) is -0.300.